The number of hydrogen-bond donors (Lipinski definition) is 0. The topological polar surface area (TPSA) is 0 Å². The van der Waals surface area contributed by atoms with E-state index in [-0.39, 0.29) is 11.6 Å². The van der Waals surface area contributed by atoms with E-state index in [0.717, 1.165) is 30.4 Å². The van der Waals surface area contributed by atoms with Crippen molar-refractivity contribution >= 4 is 11.6 Å². The van der Waals surface area contributed by atoms with Crippen LogP contribution in [0.4, 0.5) is 8.78 Å². The molecule has 0 saturated carbocycles. The van der Waals surface area contributed by atoms with Crippen LogP contribution in [0.15, 0.2) is 60.7 Å². The predicted molar refractivity (Wildman–Crippen MR) is 104 cm³/mol. The standard InChI is InChI=1S/C24H20F2/c1-2-16-3-5-17(6-4-16)19-7-8-20-14-23(24(26)15-21(20)13-19)18-9-11-22(25)12-10-18/h3-6,9-15H,2,7-8H2,1H3. The summed E-state index contributed by atoms with van der Waals surface area (Å²) in [5, 5.41) is 0. The van der Waals surface area contributed by atoms with Crippen molar-refractivity contribution in [2.24, 2.45) is 0 Å². The molecule has 0 atom stereocenters. The molecule has 0 aliphatic heterocycles. The summed E-state index contributed by atoms with van der Waals surface area (Å²) in [5.74, 6) is -0.581. The SMILES string of the molecule is CCc1ccc(C2=Cc3cc(F)c(-c4ccc(F)cc4)cc3CC2)cc1. The van der Waals surface area contributed by atoms with Gasteiger partial charge in [-0.05, 0) is 76.9 Å². The van der Waals surface area contributed by atoms with Crippen molar-refractivity contribution in [1.82, 2.24) is 0 Å². The van der Waals surface area contributed by atoms with Crippen LogP contribution in [-0.4, -0.2) is 0 Å². The minimum atomic E-state index is -0.311. The van der Waals surface area contributed by atoms with Gasteiger partial charge in [-0.15, -0.1) is 0 Å². The van der Waals surface area contributed by atoms with E-state index in [2.05, 4.69) is 37.3 Å². The van der Waals surface area contributed by atoms with Gasteiger partial charge in [0, 0.05) is 5.56 Å². The molecule has 0 fully saturated rings. The molecule has 3 aromatic carbocycles. The Kier molecular flexibility index (Phi) is 4.42. The highest BCUT2D eigenvalue weighted by molar-refractivity contribution is 5.85. The number of benzene rings is 3. The van der Waals surface area contributed by atoms with E-state index in [9.17, 15) is 8.78 Å². The highest BCUT2D eigenvalue weighted by atomic mass is 19.1. The molecule has 0 saturated heterocycles. The van der Waals surface area contributed by atoms with Crippen LogP contribution >= 0.6 is 0 Å². The van der Waals surface area contributed by atoms with Crippen LogP contribution in [0.3, 0.4) is 0 Å². The third-order valence-electron chi connectivity index (χ3n) is 5.11. The molecule has 0 heterocycles. The molecule has 0 radical (unpaired) electrons. The minimum Gasteiger partial charge on any atom is -0.207 e. The first-order chi connectivity index (χ1) is 12.6. The third kappa shape index (κ3) is 3.20. The summed E-state index contributed by atoms with van der Waals surface area (Å²) in [6.07, 6.45) is 4.94. The zero-order chi connectivity index (χ0) is 18.1. The number of aryl methyl sites for hydroxylation is 2. The molecular formula is C24H20F2. The van der Waals surface area contributed by atoms with Gasteiger partial charge in [0.1, 0.15) is 11.6 Å². The number of rotatable bonds is 3. The van der Waals surface area contributed by atoms with Gasteiger partial charge >= 0.3 is 0 Å². The lowest BCUT2D eigenvalue weighted by atomic mass is 9.86. The van der Waals surface area contributed by atoms with Crippen LogP contribution in [-0.2, 0) is 12.8 Å². The quantitative estimate of drug-likeness (QED) is 0.496. The van der Waals surface area contributed by atoms with Gasteiger partial charge in [0.25, 0.3) is 0 Å². The van der Waals surface area contributed by atoms with Crippen molar-refractivity contribution in [1.29, 1.82) is 0 Å². The van der Waals surface area contributed by atoms with Gasteiger partial charge in [-0.2, -0.15) is 0 Å². The van der Waals surface area contributed by atoms with Crippen LogP contribution in [0, 0.1) is 11.6 Å². The summed E-state index contributed by atoms with van der Waals surface area (Å²) in [4.78, 5) is 0. The van der Waals surface area contributed by atoms with E-state index in [1.807, 2.05) is 6.07 Å². The molecule has 1 aliphatic carbocycles. The van der Waals surface area contributed by atoms with Gasteiger partial charge in [-0.3, -0.25) is 0 Å². The molecule has 130 valence electrons. The first kappa shape index (κ1) is 16.7. The van der Waals surface area contributed by atoms with Crippen molar-refractivity contribution in [3.05, 3.63) is 94.6 Å². The normalized spacial score (nSPS) is 13.3. The predicted octanol–water partition coefficient (Wildman–Crippen LogP) is 6.68. The molecule has 0 aromatic heterocycles. The second kappa shape index (κ2) is 6.87. The van der Waals surface area contributed by atoms with Gasteiger partial charge in [0.05, 0.1) is 0 Å². The lowest BCUT2D eigenvalue weighted by molar-refractivity contribution is 0.625. The maximum absolute atomic E-state index is 14.7. The number of allylic oxidation sites excluding steroid dienone is 1. The van der Waals surface area contributed by atoms with E-state index in [4.69, 9.17) is 0 Å². The van der Waals surface area contributed by atoms with Gasteiger partial charge in [-0.1, -0.05) is 49.4 Å². The molecule has 4 rings (SSSR count). The van der Waals surface area contributed by atoms with Gasteiger partial charge < -0.3 is 0 Å². The molecule has 26 heavy (non-hydrogen) atoms. The molecular weight excluding hydrogens is 326 g/mol. The van der Waals surface area contributed by atoms with E-state index in [1.54, 1.807) is 18.2 Å². The molecule has 3 aromatic rings. The number of fused-ring (bicyclic) bond motifs is 1. The Balaban J connectivity index is 1.70. The molecule has 0 bridgehead atoms. The molecule has 2 heteroatoms. The van der Waals surface area contributed by atoms with E-state index in [1.165, 1.54) is 28.8 Å². The fourth-order valence-electron chi connectivity index (χ4n) is 3.55. The van der Waals surface area contributed by atoms with Gasteiger partial charge in [0.2, 0.25) is 0 Å². The summed E-state index contributed by atoms with van der Waals surface area (Å²) in [7, 11) is 0. The summed E-state index contributed by atoms with van der Waals surface area (Å²) in [5.41, 5.74) is 7.09. The van der Waals surface area contributed by atoms with Crippen molar-refractivity contribution < 1.29 is 8.78 Å². The Bertz CT molecular complexity index is 964. The Hall–Kier alpha value is -2.74. The van der Waals surface area contributed by atoms with Crippen LogP contribution in [0.5, 0.6) is 0 Å². The molecule has 0 spiro atoms. The molecule has 0 unspecified atom stereocenters. The fourth-order valence-corrected chi connectivity index (χ4v) is 3.55. The molecule has 0 nitrogen and oxygen atoms in total. The smallest absolute Gasteiger partial charge is 0.131 e. The van der Waals surface area contributed by atoms with Crippen LogP contribution in [0.1, 0.15) is 35.6 Å². The summed E-state index contributed by atoms with van der Waals surface area (Å²) >= 11 is 0. The van der Waals surface area contributed by atoms with Crippen molar-refractivity contribution in [3.63, 3.8) is 0 Å². The van der Waals surface area contributed by atoms with E-state index in [0.29, 0.717) is 11.1 Å². The lowest BCUT2D eigenvalue weighted by Crippen LogP contribution is -2.01. The lowest BCUT2D eigenvalue weighted by Gasteiger charge is -2.19. The number of hydrogen-bond acceptors (Lipinski definition) is 0. The second-order valence-electron chi connectivity index (χ2n) is 6.76. The van der Waals surface area contributed by atoms with Crippen molar-refractivity contribution in [2.75, 3.05) is 0 Å². The van der Waals surface area contributed by atoms with Gasteiger partial charge in [0.15, 0.2) is 0 Å². The Labute approximate surface area is 152 Å². The summed E-state index contributed by atoms with van der Waals surface area (Å²) in [6.45, 7) is 2.15. The fraction of sp³-hybridized carbons (Fsp3) is 0.167. The first-order valence-electron chi connectivity index (χ1n) is 9.02. The van der Waals surface area contributed by atoms with E-state index < -0.39 is 0 Å². The third-order valence-corrected chi connectivity index (χ3v) is 5.11. The maximum atomic E-state index is 14.7. The Morgan fingerprint density at radius 3 is 2.19 bits per heavy atom. The minimum absolute atomic E-state index is 0.269. The van der Waals surface area contributed by atoms with E-state index >= 15 is 0 Å². The highest BCUT2D eigenvalue weighted by Crippen LogP contribution is 2.34. The largest absolute Gasteiger partial charge is 0.207 e. The maximum Gasteiger partial charge on any atom is 0.131 e. The second-order valence-corrected chi connectivity index (χ2v) is 6.76. The average Bonchev–Trinajstić information content (AvgIpc) is 2.68. The molecule has 1 aliphatic rings. The average molecular weight is 346 g/mol. The summed E-state index contributed by atoms with van der Waals surface area (Å²) < 4.78 is 27.8. The molecule has 0 N–H and O–H groups in total. The van der Waals surface area contributed by atoms with Gasteiger partial charge in [-0.25, -0.2) is 8.78 Å². The van der Waals surface area contributed by atoms with Crippen molar-refractivity contribution in [2.45, 2.75) is 26.2 Å². The number of halogens is 2. The van der Waals surface area contributed by atoms with Crippen LogP contribution in [0.2, 0.25) is 0 Å². The zero-order valence-corrected chi connectivity index (χ0v) is 14.7. The zero-order valence-electron chi connectivity index (χ0n) is 14.7. The van der Waals surface area contributed by atoms with Crippen LogP contribution in [0.25, 0.3) is 22.8 Å². The first-order valence-corrected chi connectivity index (χ1v) is 9.02. The monoisotopic (exact) mass is 346 g/mol. The Morgan fingerprint density at radius 1 is 0.808 bits per heavy atom. The van der Waals surface area contributed by atoms with Crippen molar-refractivity contribution in [3.8, 4) is 11.1 Å². The van der Waals surface area contributed by atoms with Crippen LogP contribution < -0.4 is 0 Å². The highest BCUT2D eigenvalue weighted by Gasteiger charge is 2.16. The Morgan fingerprint density at radius 2 is 1.50 bits per heavy atom. The summed E-state index contributed by atoms with van der Waals surface area (Å²) in [6, 6.07) is 18.1. The molecule has 0 amide bonds.